The van der Waals surface area contributed by atoms with Crippen molar-refractivity contribution in [3.63, 3.8) is 0 Å². The van der Waals surface area contributed by atoms with E-state index < -0.39 is 36.9 Å². The Morgan fingerprint density at radius 2 is 1.94 bits per heavy atom. The molecule has 1 fully saturated rings. The van der Waals surface area contributed by atoms with Gasteiger partial charge in [-0.05, 0) is 35.4 Å². The van der Waals surface area contributed by atoms with Crippen molar-refractivity contribution in [1.82, 2.24) is 30.6 Å². The normalized spacial score (nSPS) is 14.2. The second kappa shape index (κ2) is 8.99. The molecule has 3 heterocycles. The number of carboxylic acid groups (broad SMARTS) is 1. The smallest absolute Gasteiger partial charge is 0.356 e. The maximum atomic E-state index is 12.8. The minimum Gasteiger partial charge on any atom is -0.476 e. The molecule has 1 saturated carbocycles. The number of pyridine rings is 1. The molecule has 0 spiro atoms. The number of thiazole rings is 1. The topological polar surface area (TPSA) is 210 Å². The summed E-state index contributed by atoms with van der Waals surface area (Å²) < 4.78 is 24.6. The maximum Gasteiger partial charge on any atom is 0.356 e. The van der Waals surface area contributed by atoms with Gasteiger partial charge in [0.1, 0.15) is 5.82 Å². The van der Waals surface area contributed by atoms with E-state index in [-0.39, 0.29) is 28.2 Å². The molecule has 33 heavy (non-hydrogen) atoms. The van der Waals surface area contributed by atoms with Crippen LogP contribution >= 0.6 is 11.3 Å². The van der Waals surface area contributed by atoms with E-state index in [1.54, 1.807) is 12.1 Å². The molecule has 0 saturated heterocycles. The van der Waals surface area contributed by atoms with Gasteiger partial charge >= 0.3 is 12.0 Å². The van der Waals surface area contributed by atoms with Gasteiger partial charge in [-0.25, -0.2) is 33.1 Å². The lowest BCUT2D eigenvalue weighted by Gasteiger charge is -2.12. The number of urea groups is 1. The summed E-state index contributed by atoms with van der Waals surface area (Å²) >= 11 is 0.408. The van der Waals surface area contributed by atoms with Gasteiger partial charge < -0.3 is 5.11 Å². The number of aromatic amines is 1. The second-order valence-electron chi connectivity index (χ2n) is 6.99. The molecule has 0 radical (unpaired) electrons. The summed E-state index contributed by atoms with van der Waals surface area (Å²) in [5.41, 5.74) is -0.548. The molecule has 16 heteroatoms. The van der Waals surface area contributed by atoms with E-state index in [9.17, 15) is 27.9 Å². The molecule has 0 aromatic carbocycles. The van der Waals surface area contributed by atoms with E-state index >= 15 is 0 Å². The molecule has 2 amide bonds. The summed E-state index contributed by atoms with van der Waals surface area (Å²) in [4.78, 5) is 44.5. The quantitative estimate of drug-likeness (QED) is 0.348. The van der Waals surface area contributed by atoms with Crippen LogP contribution in [-0.2, 0) is 9.84 Å². The molecule has 4 N–H and O–H groups in total. The Kier molecular flexibility index (Phi) is 6.10. The first kappa shape index (κ1) is 22.4. The van der Waals surface area contributed by atoms with Gasteiger partial charge in [-0.15, -0.1) is 0 Å². The van der Waals surface area contributed by atoms with Crippen molar-refractivity contribution in [2.24, 2.45) is 5.92 Å². The zero-order valence-corrected chi connectivity index (χ0v) is 18.3. The largest absolute Gasteiger partial charge is 0.476 e. The first-order chi connectivity index (χ1) is 15.8. The van der Waals surface area contributed by atoms with Crippen LogP contribution in [0.4, 0.5) is 15.7 Å². The number of H-pyrrole nitrogens is 1. The summed E-state index contributed by atoms with van der Waals surface area (Å²) in [5, 5.41) is 24.8. The van der Waals surface area contributed by atoms with Gasteiger partial charge in [0, 0.05) is 12.1 Å². The molecular weight excluding hydrogens is 476 g/mol. The number of sulfone groups is 1. The lowest BCUT2D eigenvalue weighted by Crippen LogP contribution is -2.23. The number of ketones is 1. The molecule has 1 aliphatic carbocycles. The number of nitrogens with one attached hydrogen (secondary N) is 3. The van der Waals surface area contributed by atoms with Gasteiger partial charge in [0.25, 0.3) is 15.0 Å². The maximum absolute atomic E-state index is 12.8. The van der Waals surface area contributed by atoms with Crippen molar-refractivity contribution in [3.05, 3.63) is 29.6 Å². The minimum absolute atomic E-state index is 0.0301. The van der Waals surface area contributed by atoms with Crippen LogP contribution < -0.4 is 10.6 Å². The van der Waals surface area contributed by atoms with Gasteiger partial charge in [-0.2, -0.15) is 0 Å². The molecule has 0 atom stereocenters. The van der Waals surface area contributed by atoms with Crippen LogP contribution in [0.2, 0.25) is 0 Å². The van der Waals surface area contributed by atoms with E-state index in [0.717, 1.165) is 25.7 Å². The fourth-order valence-electron chi connectivity index (χ4n) is 3.38. The SMILES string of the molecule is O=C(Nc1nc(C(=O)O)c(S(=O)(=O)c2nnn[nH]2)s1)Nc1ncccc1C(=O)C1CCCC1. The lowest BCUT2D eigenvalue weighted by atomic mass is 9.97. The minimum atomic E-state index is -4.42. The van der Waals surface area contributed by atoms with Gasteiger partial charge in [0.2, 0.25) is 0 Å². The molecule has 1 aliphatic rings. The number of aromatic nitrogens is 6. The van der Waals surface area contributed by atoms with Crippen LogP contribution in [0.25, 0.3) is 0 Å². The third-order valence-corrected chi connectivity index (χ3v) is 7.91. The van der Waals surface area contributed by atoms with E-state index in [4.69, 9.17) is 0 Å². The van der Waals surface area contributed by atoms with Crippen molar-refractivity contribution in [3.8, 4) is 0 Å². The number of carbonyl (C=O) groups is 3. The van der Waals surface area contributed by atoms with Crippen LogP contribution in [0, 0.1) is 5.92 Å². The van der Waals surface area contributed by atoms with Crippen LogP contribution in [-0.4, -0.2) is 61.9 Å². The fraction of sp³-hybridized carbons (Fsp3) is 0.294. The first-order valence-corrected chi connectivity index (χ1v) is 11.9. The van der Waals surface area contributed by atoms with Crippen LogP contribution in [0.3, 0.4) is 0 Å². The highest BCUT2D eigenvalue weighted by atomic mass is 32.2. The highest BCUT2D eigenvalue weighted by Gasteiger charge is 2.33. The number of Topliss-reactive ketones (excluding diaryl/α,β-unsaturated/α-hetero) is 1. The summed E-state index contributed by atoms with van der Waals surface area (Å²) in [5.74, 6) is -1.84. The van der Waals surface area contributed by atoms with Gasteiger partial charge in [-0.3, -0.25) is 15.4 Å². The van der Waals surface area contributed by atoms with Crippen molar-refractivity contribution >= 4 is 49.9 Å². The molecule has 172 valence electrons. The molecule has 14 nitrogen and oxygen atoms in total. The van der Waals surface area contributed by atoms with E-state index in [1.165, 1.54) is 6.20 Å². The van der Waals surface area contributed by atoms with Crippen molar-refractivity contribution in [2.75, 3.05) is 10.6 Å². The number of amides is 2. The zero-order valence-electron chi connectivity index (χ0n) is 16.7. The number of aromatic carboxylic acids is 1. The van der Waals surface area contributed by atoms with Crippen LogP contribution in [0.5, 0.6) is 0 Å². The van der Waals surface area contributed by atoms with Gasteiger partial charge in [0.05, 0.1) is 5.56 Å². The van der Waals surface area contributed by atoms with Gasteiger partial charge in [-0.1, -0.05) is 29.3 Å². The third kappa shape index (κ3) is 4.56. The predicted octanol–water partition coefficient (Wildman–Crippen LogP) is 1.60. The fourth-order valence-corrected chi connectivity index (χ4v) is 5.84. The Balaban J connectivity index is 1.56. The zero-order chi connectivity index (χ0) is 23.6. The summed E-state index contributed by atoms with van der Waals surface area (Å²) in [7, 11) is -4.42. The van der Waals surface area contributed by atoms with E-state index in [2.05, 4.69) is 41.2 Å². The second-order valence-corrected chi connectivity index (χ2v) is 10.1. The Labute approximate surface area is 189 Å². The highest BCUT2D eigenvalue weighted by molar-refractivity contribution is 7.93. The Morgan fingerprint density at radius 1 is 1.18 bits per heavy atom. The highest BCUT2D eigenvalue weighted by Crippen LogP contribution is 2.32. The monoisotopic (exact) mass is 492 g/mol. The summed E-state index contributed by atoms with van der Waals surface area (Å²) in [6.07, 6.45) is 4.88. The standard InChI is InChI=1S/C17H16N8O6S2/c26-11(8-4-1-2-5-8)9-6-3-7-18-12(9)20-15(29)21-16-19-10(13(27)28)14(32-16)33(30,31)17-22-24-25-23-17/h3,6-8H,1-2,4-5H2,(H,27,28)(H,22,23,24,25)(H2,18,19,20,21,29). The Hall–Kier alpha value is -3.79. The Morgan fingerprint density at radius 3 is 2.61 bits per heavy atom. The molecule has 3 aromatic rings. The van der Waals surface area contributed by atoms with Crippen molar-refractivity contribution < 1.29 is 27.9 Å². The van der Waals surface area contributed by atoms with E-state index in [1.807, 2.05) is 0 Å². The number of hydrogen-bond donors (Lipinski definition) is 4. The number of carbonyl (C=O) groups excluding carboxylic acids is 2. The molecular formula is C17H16N8O6S2. The molecule has 3 aromatic heterocycles. The average Bonchev–Trinajstić information content (AvgIpc) is 3.55. The molecule has 0 aliphatic heterocycles. The van der Waals surface area contributed by atoms with Crippen molar-refractivity contribution in [1.29, 1.82) is 0 Å². The average molecular weight is 492 g/mol. The Bertz CT molecular complexity index is 1310. The lowest BCUT2D eigenvalue weighted by molar-refractivity contribution is 0.0687. The van der Waals surface area contributed by atoms with Crippen LogP contribution in [0.1, 0.15) is 46.5 Å². The van der Waals surface area contributed by atoms with Gasteiger partial charge in [0.15, 0.2) is 20.8 Å². The number of nitrogens with zero attached hydrogens (tertiary/aromatic N) is 5. The van der Waals surface area contributed by atoms with Crippen LogP contribution in [0.15, 0.2) is 27.7 Å². The first-order valence-electron chi connectivity index (χ1n) is 9.57. The van der Waals surface area contributed by atoms with E-state index in [0.29, 0.717) is 11.3 Å². The summed E-state index contributed by atoms with van der Waals surface area (Å²) in [6, 6.07) is 2.26. The third-order valence-electron chi connectivity index (χ3n) is 4.87. The molecule has 0 unspecified atom stereocenters. The number of hydrogen-bond acceptors (Lipinski definition) is 11. The number of tetrazole rings is 1. The number of anilines is 2. The number of rotatable bonds is 7. The van der Waals surface area contributed by atoms with Crippen molar-refractivity contribution in [2.45, 2.75) is 35.0 Å². The molecule has 0 bridgehead atoms. The summed E-state index contributed by atoms with van der Waals surface area (Å²) in [6.45, 7) is 0. The predicted molar refractivity (Wildman–Crippen MR) is 112 cm³/mol. The molecule has 4 rings (SSSR count). The number of carboxylic acids is 1.